The molecule has 176 valence electrons. The van der Waals surface area contributed by atoms with E-state index in [1.165, 1.54) is 4.57 Å². The quantitative estimate of drug-likeness (QED) is 0.282. The van der Waals surface area contributed by atoms with E-state index in [2.05, 4.69) is 0 Å². The third-order valence-corrected chi connectivity index (χ3v) is 6.82. The summed E-state index contributed by atoms with van der Waals surface area (Å²) >= 11 is 0. The zero-order valence-electron chi connectivity index (χ0n) is 19.7. The molecular weight excluding hydrogens is 460 g/mol. The van der Waals surface area contributed by atoms with E-state index in [1.54, 1.807) is 16.7 Å². The van der Waals surface area contributed by atoms with Crippen molar-refractivity contribution in [3.8, 4) is 22.5 Å². The van der Waals surface area contributed by atoms with Gasteiger partial charge < -0.3 is 4.42 Å². The molecule has 0 aliphatic carbocycles. The zero-order valence-corrected chi connectivity index (χ0v) is 19.7. The van der Waals surface area contributed by atoms with Gasteiger partial charge in [-0.3, -0.25) is 9.36 Å². The number of hydrogen-bond donors (Lipinski definition) is 0. The largest absolute Gasteiger partial charge is 0.454 e. The number of furan rings is 1. The number of aromatic nitrogens is 2. The highest BCUT2D eigenvalue weighted by Gasteiger charge is 2.19. The first-order valence-electron chi connectivity index (χ1n) is 12.0. The van der Waals surface area contributed by atoms with Gasteiger partial charge in [0.25, 0.3) is 5.56 Å². The molecule has 0 N–H and O–H groups in total. The molecule has 0 spiro atoms. The molecular formula is C32H20N2O3. The second-order valence-corrected chi connectivity index (χ2v) is 8.94. The van der Waals surface area contributed by atoms with Gasteiger partial charge in [-0.05, 0) is 47.5 Å². The molecule has 37 heavy (non-hydrogen) atoms. The molecule has 7 rings (SSSR count). The summed E-state index contributed by atoms with van der Waals surface area (Å²) in [5.41, 5.74) is 4.22. The molecule has 7 aromatic rings. The van der Waals surface area contributed by atoms with Crippen LogP contribution in [-0.2, 0) is 0 Å². The lowest BCUT2D eigenvalue weighted by Crippen LogP contribution is -2.38. The van der Waals surface area contributed by atoms with Crippen LogP contribution >= 0.6 is 0 Å². The Morgan fingerprint density at radius 3 is 1.97 bits per heavy atom. The normalized spacial score (nSPS) is 11.5. The van der Waals surface area contributed by atoms with Gasteiger partial charge in [0.05, 0.1) is 22.3 Å². The van der Waals surface area contributed by atoms with Crippen LogP contribution in [-0.4, -0.2) is 9.13 Å². The topological polar surface area (TPSA) is 57.1 Å². The van der Waals surface area contributed by atoms with Gasteiger partial charge in [-0.1, -0.05) is 84.9 Å². The monoisotopic (exact) mass is 480 g/mol. The average Bonchev–Trinajstić information content (AvgIpc) is 3.34. The first kappa shape index (κ1) is 21.1. The Morgan fingerprint density at radius 2 is 1.16 bits per heavy atom. The molecule has 2 aromatic heterocycles. The van der Waals surface area contributed by atoms with Crippen LogP contribution < -0.4 is 11.2 Å². The Bertz CT molecular complexity index is 2060. The van der Waals surface area contributed by atoms with E-state index in [9.17, 15) is 9.59 Å². The van der Waals surface area contributed by atoms with E-state index >= 15 is 0 Å². The maximum Gasteiger partial charge on any atom is 0.340 e. The summed E-state index contributed by atoms with van der Waals surface area (Å²) < 4.78 is 9.05. The molecule has 0 aliphatic rings. The Kier molecular flexibility index (Phi) is 4.69. The minimum absolute atomic E-state index is 0.360. The fraction of sp³-hybridized carbons (Fsp3) is 0. The summed E-state index contributed by atoms with van der Waals surface area (Å²) in [7, 11) is 0. The first-order valence-corrected chi connectivity index (χ1v) is 12.0. The van der Waals surface area contributed by atoms with Gasteiger partial charge in [-0.2, -0.15) is 0 Å². The molecule has 2 heterocycles. The van der Waals surface area contributed by atoms with Gasteiger partial charge >= 0.3 is 5.69 Å². The van der Waals surface area contributed by atoms with Crippen molar-refractivity contribution in [2.24, 2.45) is 0 Å². The van der Waals surface area contributed by atoms with Gasteiger partial charge in [0.1, 0.15) is 5.58 Å². The molecule has 0 aliphatic heterocycles. The number of benzene rings is 5. The fourth-order valence-electron chi connectivity index (χ4n) is 5.06. The third-order valence-electron chi connectivity index (χ3n) is 6.82. The molecule has 5 aromatic carbocycles. The van der Waals surface area contributed by atoms with E-state index < -0.39 is 5.69 Å². The summed E-state index contributed by atoms with van der Waals surface area (Å²) in [6, 6.07) is 38.2. The summed E-state index contributed by atoms with van der Waals surface area (Å²) in [6.07, 6.45) is 0. The van der Waals surface area contributed by atoms with E-state index in [4.69, 9.17) is 4.42 Å². The van der Waals surface area contributed by atoms with Crippen LogP contribution in [0.5, 0.6) is 0 Å². The van der Waals surface area contributed by atoms with Crippen LogP contribution in [0.15, 0.2) is 135 Å². The molecule has 0 unspecified atom stereocenters. The molecule has 0 amide bonds. The van der Waals surface area contributed by atoms with Crippen LogP contribution in [0, 0.1) is 0 Å². The van der Waals surface area contributed by atoms with Gasteiger partial charge in [-0.15, -0.1) is 0 Å². The van der Waals surface area contributed by atoms with E-state index in [1.807, 2.05) is 109 Å². The minimum Gasteiger partial charge on any atom is -0.454 e. The SMILES string of the molecule is O=c1c2ccccc2n(-c2cccc3c2oc2ccccc23)c(=O)n1-c1ccc(-c2ccccc2)cc1. The number of nitrogens with zero attached hydrogens (tertiary/aromatic N) is 2. The third kappa shape index (κ3) is 3.25. The Balaban J connectivity index is 1.52. The van der Waals surface area contributed by atoms with Crippen LogP contribution in [0.3, 0.4) is 0 Å². The second-order valence-electron chi connectivity index (χ2n) is 8.94. The van der Waals surface area contributed by atoms with Crippen LogP contribution in [0.4, 0.5) is 0 Å². The second kappa shape index (κ2) is 8.21. The molecule has 5 heteroatoms. The lowest BCUT2D eigenvalue weighted by molar-refractivity contribution is 0.663. The van der Waals surface area contributed by atoms with Crippen molar-refractivity contribution < 1.29 is 4.42 Å². The highest BCUT2D eigenvalue weighted by molar-refractivity contribution is 6.07. The van der Waals surface area contributed by atoms with Gasteiger partial charge in [0, 0.05) is 10.8 Å². The van der Waals surface area contributed by atoms with E-state index in [0.29, 0.717) is 27.9 Å². The average molecular weight is 481 g/mol. The lowest BCUT2D eigenvalue weighted by atomic mass is 10.1. The van der Waals surface area contributed by atoms with Crippen molar-refractivity contribution in [1.82, 2.24) is 9.13 Å². The predicted octanol–water partition coefficient (Wildman–Crippen LogP) is 6.71. The Labute approximate surface area is 211 Å². The summed E-state index contributed by atoms with van der Waals surface area (Å²) in [5, 5.41) is 2.33. The van der Waals surface area contributed by atoms with Gasteiger partial charge in [-0.25, -0.2) is 9.36 Å². The number of hydrogen-bond acceptors (Lipinski definition) is 3. The molecule has 0 bridgehead atoms. The number of rotatable bonds is 3. The van der Waals surface area contributed by atoms with Crippen molar-refractivity contribution in [2.75, 3.05) is 0 Å². The summed E-state index contributed by atoms with van der Waals surface area (Å²) in [5.74, 6) is 0. The summed E-state index contributed by atoms with van der Waals surface area (Å²) in [6.45, 7) is 0. The summed E-state index contributed by atoms with van der Waals surface area (Å²) in [4.78, 5) is 27.7. The van der Waals surface area contributed by atoms with Crippen molar-refractivity contribution in [2.45, 2.75) is 0 Å². The van der Waals surface area contributed by atoms with Crippen molar-refractivity contribution in [1.29, 1.82) is 0 Å². The van der Waals surface area contributed by atoms with E-state index in [0.717, 1.165) is 27.5 Å². The Hall–Kier alpha value is -5.16. The van der Waals surface area contributed by atoms with Crippen molar-refractivity contribution in [3.63, 3.8) is 0 Å². The first-order chi connectivity index (χ1) is 18.2. The molecule has 0 atom stereocenters. The maximum absolute atomic E-state index is 14.1. The molecule has 0 fully saturated rings. The predicted molar refractivity (Wildman–Crippen MR) is 148 cm³/mol. The highest BCUT2D eigenvalue weighted by Crippen LogP contribution is 2.33. The zero-order chi connectivity index (χ0) is 24.9. The van der Waals surface area contributed by atoms with Crippen LogP contribution in [0.25, 0.3) is 55.3 Å². The van der Waals surface area contributed by atoms with Crippen molar-refractivity contribution in [3.05, 3.63) is 142 Å². The maximum atomic E-state index is 14.1. The Morgan fingerprint density at radius 1 is 0.514 bits per heavy atom. The fourth-order valence-corrected chi connectivity index (χ4v) is 5.06. The van der Waals surface area contributed by atoms with Crippen LogP contribution in [0.1, 0.15) is 0 Å². The molecule has 0 saturated carbocycles. The highest BCUT2D eigenvalue weighted by atomic mass is 16.3. The van der Waals surface area contributed by atoms with Crippen LogP contribution in [0.2, 0.25) is 0 Å². The smallest absolute Gasteiger partial charge is 0.340 e. The molecule has 0 saturated heterocycles. The standard InChI is InChI=1S/C32H20N2O3/c35-31-26-12-4-6-14-27(26)34(28-15-8-13-25-24-11-5-7-16-29(24)37-30(25)28)32(36)33(31)23-19-17-22(18-20-23)21-9-2-1-3-10-21/h1-20H. The minimum atomic E-state index is -0.455. The lowest BCUT2D eigenvalue weighted by Gasteiger charge is -2.15. The van der Waals surface area contributed by atoms with Gasteiger partial charge in [0.15, 0.2) is 5.58 Å². The number of fused-ring (bicyclic) bond motifs is 4. The number of para-hydroxylation sites is 3. The molecule has 5 nitrogen and oxygen atoms in total. The van der Waals surface area contributed by atoms with Crippen molar-refractivity contribution >= 4 is 32.8 Å². The van der Waals surface area contributed by atoms with E-state index in [-0.39, 0.29) is 5.56 Å². The molecule has 0 radical (unpaired) electrons. The van der Waals surface area contributed by atoms with Gasteiger partial charge in [0.2, 0.25) is 0 Å².